The van der Waals surface area contributed by atoms with Gasteiger partial charge in [0.25, 0.3) is 0 Å². The van der Waals surface area contributed by atoms with Crippen molar-refractivity contribution in [3.05, 3.63) is 22.7 Å². The Morgan fingerprint density at radius 3 is 2.79 bits per heavy atom. The SMILES string of the molecule is CN(C)c1ccc2c(c1Cl)CN1CC(=O)NC1=N2.Cl. The molecule has 0 aromatic heterocycles. The van der Waals surface area contributed by atoms with Crippen molar-refractivity contribution in [1.82, 2.24) is 10.2 Å². The lowest BCUT2D eigenvalue weighted by atomic mass is 10.1. The molecule has 19 heavy (non-hydrogen) atoms. The molecular weight excluding hydrogens is 287 g/mol. The molecule has 1 fully saturated rings. The number of hydrogen-bond donors (Lipinski definition) is 1. The van der Waals surface area contributed by atoms with Gasteiger partial charge in [0.2, 0.25) is 11.9 Å². The van der Waals surface area contributed by atoms with Crippen LogP contribution in [0, 0.1) is 0 Å². The van der Waals surface area contributed by atoms with Crippen LogP contribution in [0.5, 0.6) is 0 Å². The fourth-order valence-corrected chi connectivity index (χ4v) is 2.61. The van der Waals surface area contributed by atoms with Gasteiger partial charge in [-0.25, -0.2) is 4.99 Å². The quantitative estimate of drug-likeness (QED) is 0.860. The van der Waals surface area contributed by atoms with Gasteiger partial charge in [-0.15, -0.1) is 12.4 Å². The number of halogens is 2. The molecule has 0 atom stereocenters. The highest BCUT2D eigenvalue weighted by atomic mass is 35.5. The maximum atomic E-state index is 11.3. The van der Waals surface area contributed by atoms with Crippen molar-refractivity contribution in [3.8, 4) is 0 Å². The van der Waals surface area contributed by atoms with E-state index in [-0.39, 0.29) is 18.3 Å². The molecule has 3 rings (SSSR count). The van der Waals surface area contributed by atoms with Crippen LogP contribution >= 0.6 is 24.0 Å². The number of carbonyl (C=O) groups is 1. The number of anilines is 1. The zero-order valence-electron chi connectivity index (χ0n) is 10.6. The van der Waals surface area contributed by atoms with Gasteiger partial charge in [0, 0.05) is 19.7 Å². The second kappa shape index (κ2) is 4.90. The summed E-state index contributed by atoms with van der Waals surface area (Å²) in [5.74, 6) is 0.603. The number of fused-ring (bicyclic) bond motifs is 2. The highest BCUT2D eigenvalue weighted by Crippen LogP contribution is 2.38. The number of nitrogens with one attached hydrogen (secondary N) is 1. The molecule has 1 N–H and O–H groups in total. The second-order valence-corrected chi connectivity index (χ2v) is 5.01. The molecule has 1 amide bonds. The highest BCUT2D eigenvalue weighted by molar-refractivity contribution is 6.34. The fourth-order valence-electron chi connectivity index (χ4n) is 2.23. The van der Waals surface area contributed by atoms with Crippen LogP contribution in [0.15, 0.2) is 17.1 Å². The van der Waals surface area contributed by atoms with E-state index in [4.69, 9.17) is 11.6 Å². The standard InChI is InChI=1S/C12H13ClN4O.ClH/c1-16(2)9-4-3-8-7(11(9)13)5-17-6-10(18)15-12(17)14-8;/h3-4H,5-6H2,1-2H3,(H,14,15,18);1H. The van der Waals surface area contributed by atoms with E-state index < -0.39 is 0 Å². The second-order valence-electron chi connectivity index (χ2n) is 4.63. The molecule has 5 nitrogen and oxygen atoms in total. The zero-order valence-corrected chi connectivity index (χ0v) is 12.2. The van der Waals surface area contributed by atoms with Crippen LogP contribution in [0.3, 0.4) is 0 Å². The molecule has 2 heterocycles. The summed E-state index contributed by atoms with van der Waals surface area (Å²) in [7, 11) is 3.90. The van der Waals surface area contributed by atoms with Gasteiger partial charge in [-0.05, 0) is 12.1 Å². The predicted molar refractivity (Wildman–Crippen MR) is 78.7 cm³/mol. The zero-order chi connectivity index (χ0) is 12.9. The summed E-state index contributed by atoms with van der Waals surface area (Å²) >= 11 is 6.41. The summed E-state index contributed by atoms with van der Waals surface area (Å²) in [5.41, 5.74) is 2.77. The molecule has 7 heteroatoms. The summed E-state index contributed by atoms with van der Waals surface area (Å²) in [4.78, 5) is 19.6. The Labute approximate surface area is 122 Å². The van der Waals surface area contributed by atoms with Gasteiger partial charge in [0.05, 0.1) is 22.9 Å². The van der Waals surface area contributed by atoms with E-state index in [0.717, 1.165) is 16.9 Å². The van der Waals surface area contributed by atoms with Crippen molar-refractivity contribution in [1.29, 1.82) is 0 Å². The molecule has 0 unspecified atom stereocenters. The van der Waals surface area contributed by atoms with Crippen molar-refractivity contribution in [3.63, 3.8) is 0 Å². The molecule has 1 aromatic rings. The predicted octanol–water partition coefficient (Wildman–Crippen LogP) is 1.76. The summed E-state index contributed by atoms with van der Waals surface area (Å²) in [6, 6.07) is 3.88. The minimum Gasteiger partial charge on any atom is -0.376 e. The molecule has 0 saturated carbocycles. The number of hydrogen-bond acceptors (Lipinski definition) is 4. The minimum atomic E-state index is -0.0227. The number of carbonyl (C=O) groups excluding carboxylic acids is 1. The van der Waals surface area contributed by atoms with Gasteiger partial charge in [-0.2, -0.15) is 0 Å². The van der Waals surface area contributed by atoms with E-state index in [0.29, 0.717) is 24.1 Å². The molecule has 1 aromatic carbocycles. The topological polar surface area (TPSA) is 47.9 Å². The largest absolute Gasteiger partial charge is 0.376 e. The summed E-state index contributed by atoms with van der Waals surface area (Å²) in [6.45, 7) is 0.966. The molecule has 102 valence electrons. The maximum absolute atomic E-state index is 11.3. The lowest BCUT2D eigenvalue weighted by molar-refractivity contribution is -0.118. The number of guanidine groups is 1. The Kier molecular flexibility index (Phi) is 3.60. The van der Waals surface area contributed by atoms with E-state index >= 15 is 0 Å². The lowest BCUT2D eigenvalue weighted by Crippen LogP contribution is -2.32. The normalized spacial score (nSPS) is 16.1. The molecule has 0 bridgehead atoms. The number of nitrogens with zero attached hydrogens (tertiary/aromatic N) is 3. The first-order valence-electron chi connectivity index (χ1n) is 5.68. The van der Waals surface area contributed by atoms with Gasteiger partial charge in [0.1, 0.15) is 6.54 Å². The number of rotatable bonds is 1. The monoisotopic (exact) mass is 300 g/mol. The lowest BCUT2D eigenvalue weighted by Gasteiger charge is -2.25. The Bertz CT molecular complexity index is 571. The van der Waals surface area contributed by atoms with E-state index in [9.17, 15) is 4.79 Å². The molecule has 0 spiro atoms. The van der Waals surface area contributed by atoms with E-state index in [1.807, 2.05) is 36.0 Å². The van der Waals surface area contributed by atoms with E-state index in [1.165, 1.54) is 0 Å². The average molecular weight is 301 g/mol. The van der Waals surface area contributed by atoms with Crippen LogP contribution in [-0.4, -0.2) is 37.4 Å². The average Bonchev–Trinajstić information content (AvgIpc) is 2.66. The minimum absolute atomic E-state index is 0. The molecular formula is C12H14Cl2N4O. The van der Waals surface area contributed by atoms with Crippen LogP contribution in [-0.2, 0) is 11.3 Å². The first-order valence-corrected chi connectivity index (χ1v) is 6.06. The fraction of sp³-hybridized carbons (Fsp3) is 0.333. The van der Waals surface area contributed by atoms with Crippen LogP contribution < -0.4 is 10.2 Å². The van der Waals surface area contributed by atoms with Crippen molar-refractivity contribution in [2.24, 2.45) is 4.99 Å². The highest BCUT2D eigenvalue weighted by Gasteiger charge is 2.30. The van der Waals surface area contributed by atoms with Crippen molar-refractivity contribution in [2.75, 3.05) is 25.5 Å². The van der Waals surface area contributed by atoms with Crippen LogP contribution in [0.25, 0.3) is 0 Å². The molecule has 2 aliphatic heterocycles. The third-order valence-electron chi connectivity index (χ3n) is 3.14. The smallest absolute Gasteiger partial charge is 0.246 e. The number of benzene rings is 1. The molecule has 0 aliphatic carbocycles. The summed E-state index contributed by atoms with van der Waals surface area (Å²) in [6.07, 6.45) is 0. The van der Waals surface area contributed by atoms with Crippen molar-refractivity contribution in [2.45, 2.75) is 6.54 Å². The Morgan fingerprint density at radius 2 is 2.11 bits per heavy atom. The molecule has 2 aliphatic rings. The Morgan fingerprint density at radius 1 is 1.37 bits per heavy atom. The number of amides is 1. The van der Waals surface area contributed by atoms with Crippen LogP contribution in [0.4, 0.5) is 11.4 Å². The molecule has 0 radical (unpaired) electrons. The van der Waals surface area contributed by atoms with Crippen LogP contribution in [0.2, 0.25) is 5.02 Å². The van der Waals surface area contributed by atoms with Gasteiger partial charge >= 0.3 is 0 Å². The summed E-state index contributed by atoms with van der Waals surface area (Å²) in [5, 5.41) is 3.45. The van der Waals surface area contributed by atoms with Gasteiger partial charge in [-0.3, -0.25) is 10.1 Å². The summed E-state index contributed by atoms with van der Waals surface area (Å²) < 4.78 is 0. The van der Waals surface area contributed by atoms with Crippen molar-refractivity contribution < 1.29 is 4.79 Å². The van der Waals surface area contributed by atoms with Crippen molar-refractivity contribution >= 4 is 47.2 Å². The molecule has 1 saturated heterocycles. The Balaban J connectivity index is 0.00000133. The van der Waals surface area contributed by atoms with E-state index in [1.54, 1.807) is 0 Å². The van der Waals surface area contributed by atoms with Gasteiger partial charge in [0.15, 0.2) is 0 Å². The van der Waals surface area contributed by atoms with E-state index in [2.05, 4.69) is 10.3 Å². The first-order chi connectivity index (χ1) is 8.56. The van der Waals surface area contributed by atoms with Gasteiger partial charge in [-0.1, -0.05) is 11.6 Å². The third kappa shape index (κ3) is 2.24. The van der Waals surface area contributed by atoms with Gasteiger partial charge < -0.3 is 9.80 Å². The Hall–Kier alpha value is -1.46. The maximum Gasteiger partial charge on any atom is 0.246 e. The first kappa shape index (κ1) is 14.0. The number of aliphatic imine (C=N–C) groups is 1. The third-order valence-corrected chi connectivity index (χ3v) is 3.56. The van der Waals surface area contributed by atoms with Crippen LogP contribution in [0.1, 0.15) is 5.56 Å².